The first-order valence-electron chi connectivity index (χ1n) is 6.05. The standard InChI is InChI=1S/C13H19F2NO2S/c1-9(8-19(3,17)18)7-16-10(2)11-4-5-12(14)13(15)6-11/h4-6,9-10,16H,7-8H2,1-3H3/t9-,10+/m1/s1. The van der Waals surface area contributed by atoms with Gasteiger partial charge < -0.3 is 5.32 Å². The fourth-order valence-corrected chi connectivity index (χ4v) is 3.00. The quantitative estimate of drug-likeness (QED) is 0.875. The molecule has 0 saturated carbocycles. The second-order valence-corrected chi connectivity index (χ2v) is 7.19. The Hall–Kier alpha value is -1.01. The number of benzene rings is 1. The molecule has 3 nitrogen and oxygen atoms in total. The van der Waals surface area contributed by atoms with Crippen LogP contribution >= 0.6 is 0 Å². The van der Waals surface area contributed by atoms with Gasteiger partial charge in [0.05, 0.1) is 5.75 Å². The van der Waals surface area contributed by atoms with Crippen molar-refractivity contribution in [2.45, 2.75) is 19.9 Å². The van der Waals surface area contributed by atoms with Crippen molar-refractivity contribution in [3.05, 3.63) is 35.4 Å². The summed E-state index contributed by atoms with van der Waals surface area (Å²) in [5.74, 6) is -1.69. The maximum absolute atomic E-state index is 13.1. The molecule has 19 heavy (non-hydrogen) atoms. The summed E-state index contributed by atoms with van der Waals surface area (Å²) >= 11 is 0. The fraction of sp³-hybridized carbons (Fsp3) is 0.538. The van der Waals surface area contributed by atoms with Crippen molar-refractivity contribution >= 4 is 9.84 Å². The third kappa shape index (κ3) is 5.65. The van der Waals surface area contributed by atoms with E-state index in [-0.39, 0.29) is 17.7 Å². The molecule has 108 valence electrons. The van der Waals surface area contributed by atoms with Gasteiger partial charge in [-0.25, -0.2) is 17.2 Å². The van der Waals surface area contributed by atoms with E-state index in [4.69, 9.17) is 0 Å². The second kappa shape index (κ2) is 6.43. The molecule has 0 fully saturated rings. The minimum atomic E-state index is -3.00. The molecule has 0 amide bonds. The molecule has 1 rings (SSSR count). The van der Waals surface area contributed by atoms with Crippen LogP contribution in [0, 0.1) is 17.6 Å². The zero-order chi connectivity index (χ0) is 14.6. The smallest absolute Gasteiger partial charge is 0.159 e. The van der Waals surface area contributed by atoms with Crippen molar-refractivity contribution < 1.29 is 17.2 Å². The van der Waals surface area contributed by atoms with Crippen LogP contribution in [0.4, 0.5) is 8.78 Å². The van der Waals surface area contributed by atoms with E-state index in [2.05, 4.69) is 5.32 Å². The monoisotopic (exact) mass is 291 g/mol. The number of nitrogens with one attached hydrogen (secondary N) is 1. The zero-order valence-corrected chi connectivity index (χ0v) is 12.1. The first kappa shape index (κ1) is 16.0. The third-order valence-electron chi connectivity index (χ3n) is 2.80. The highest BCUT2D eigenvalue weighted by atomic mass is 32.2. The predicted octanol–water partition coefficient (Wildman–Crippen LogP) is 2.30. The maximum atomic E-state index is 13.1. The summed E-state index contributed by atoms with van der Waals surface area (Å²) < 4.78 is 48.1. The van der Waals surface area contributed by atoms with E-state index in [0.717, 1.165) is 12.1 Å². The molecule has 0 spiro atoms. The highest BCUT2D eigenvalue weighted by molar-refractivity contribution is 7.90. The van der Waals surface area contributed by atoms with E-state index in [0.29, 0.717) is 12.1 Å². The summed E-state index contributed by atoms with van der Waals surface area (Å²) in [7, 11) is -3.00. The zero-order valence-electron chi connectivity index (χ0n) is 11.3. The molecular weight excluding hydrogens is 272 g/mol. The van der Waals surface area contributed by atoms with Gasteiger partial charge in [0, 0.05) is 12.3 Å². The summed E-state index contributed by atoms with van der Waals surface area (Å²) in [5, 5.41) is 3.11. The van der Waals surface area contributed by atoms with Crippen LogP contribution < -0.4 is 5.32 Å². The summed E-state index contributed by atoms with van der Waals surface area (Å²) in [6.45, 7) is 4.14. The van der Waals surface area contributed by atoms with E-state index in [9.17, 15) is 17.2 Å². The summed E-state index contributed by atoms with van der Waals surface area (Å²) in [6, 6.07) is 3.58. The topological polar surface area (TPSA) is 46.2 Å². The van der Waals surface area contributed by atoms with Crippen LogP contribution in [0.5, 0.6) is 0 Å². The molecule has 2 atom stereocenters. The molecule has 0 aromatic heterocycles. The molecule has 1 N–H and O–H groups in total. The van der Waals surface area contributed by atoms with Gasteiger partial charge >= 0.3 is 0 Å². The Kier molecular flexibility index (Phi) is 5.43. The largest absolute Gasteiger partial charge is 0.310 e. The molecule has 1 aromatic carbocycles. The van der Waals surface area contributed by atoms with E-state index in [1.807, 2.05) is 13.8 Å². The molecule has 6 heteroatoms. The Labute approximate surface area is 112 Å². The molecule has 0 bridgehead atoms. The van der Waals surface area contributed by atoms with Crippen LogP contribution in [0.1, 0.15) is 25.5 Å². The lowest BCUT2D eigenvalue weighted by molar-refractivity contribution is 0.481. The lowest BCUT2D eigenvalue weighted by Gasteiger charge is -2.17. The molecule has 1 aromatic rings. The number of sulfone groups is 1. The minimum absolute atomic E-state index is 0.0391. The van der Waals surface area contributed by atoms with Crippen LogP contribution in [0.25, 0.3) is 0 Å². The molecule has 0 aliphatic rings. The van der Waals surface area contributed by atoms with E-state index < -0.39 is 21.5 Å². The lowest BCUT2D eigenvalue weighted by atomic mass is 10.1. The molecule has 0 unspecified atom stereocenters. The Morgan fingerprint density at radius 1 is 1.21 bits per heavy atom. The summed E-state index contributed by atoms with van der Waals surface area (Å²) in [6.07, 6.45) is 1.20. The van der Waals surface area contributed by atoms with Gasteiger partial charge in [0.2, 0.25) is 0 Å². The van der Waals surface area contributed by atoms with E-state index in [1.165, 1.54) is 12.3 Å². The van der Waals surface area contributed by atoms with Gasteiger partial charge in [-0.2, -0.15) is 0 Å². The number of hydrogen-bond acceptors (Lipinski definition) is 3. The van der Waals surface area contributed by atoms with Crippen LogP contribution in [-0.4, -0.2) is 27.0 Å². The molecule has 0 radical (unpaired) electrons. The van der Waals surface area contributed by atoms with Crippen molar-refractivity contribution in [2.24, 2.45) is 5.92 Å². The Morgan fingerprint density at radius 2 is 1.84 bits per heavy atom. The lowest BCUT2D eigenvalue weighted by Crippen LogP contribution is -2.28. The normalized spacial score (nSPS) is 15.2. The molecule has 0 heterocycles. The number of hydrogen-bond donors (Lipinski definition) is 1. The average Bonchev–Trinajstić information content (AvgIpc) is 2.27. The predicted molar refractivity (Wildman–Crippen MR) is 71.7 cm³/mol. The molecule has 0 saturated heterocycles. The Morgan fingerprint density at radius 3 is 2.37 bits per heavy atom. The highest BCUT2D eigenvalue weighted by Crippen LogP contribution is 2.16. The fourth-order valence-electron chi connectivity index (χ4n) is 1.85. The minimum Gasteiger partial charge on any atom is -0.310 e. The first-order valence-corrected chi connectivity index (χ1v) is 8.11. The number of rotatable bonds is 6. The molecular formula is C13H19F2NO2S. The van der Waals surface area contributed by atoms with E-state index >= 15 is 0 Å². The van der Waals surface area contributed by atoms with Crippen LogP contribution in [-0.2, 0) is 9.84 Å². The Balaban J connectivity index is 2.55. The third-order valence-corrected chi connectivity index (χ3v) is 3.98. The van der Waals surface area contributed by atoms with Crippen molar-refractivity contribution in [3.63, 3.8) is 0 Å². The van der Waals surface area contributed by atoms with E-state index in [1.54, 1.807) is 0 Å². The van der Waals surface area contributed by atoms with Gasteiger partial charge in [0.1, 0.15) is 9.84 Å². The van der Waals surface area contributed by atoms with Crippen molar-refractivity contribution in [1.29, 1.82) is 0 Å². The SMILES string of the molecule is C[C@H](CN[C@@H](C)c1ccc(F)c(F)c1)CS(C)(=O)=O. The van der Waals surface area contributed by atoms with Gasteiger partial charge in [-0.1, -0.05) is 13.0 Å². The van der Waals surface area contributed by atoms with Crippen LogP contribution in [0.2, 0.25) is 0 Å². The van der Waals surface area contributed by atoms with Gasteiger partial charge in [-0.15, -0.1) is 0 Å². The van der Waals surface area contributed by atoms with Gasteiger partial charge in [-0.05, 0) is 37.1 Å². The van der Waals surface area contributed by atoms with Gasteiger partial charge in [0.15, 0.2) is 11.6 Å². The molecule has 0 aliphatic carbocycles. The van der Waals surface area contributed by atoms with Crippen LogP contribution in [0.3, 0.4) is 0 Å². The highest BCUT2D eigenvalue weighted by Gasteiger charge is 2.13. The van der Waals surface area contributed by atoms with Crippen molar-refractivity contribution in [2.75, 3.05) is 18.6 Å². The van der Waals surface area contributed by atoms with Crippen molar-refractivity contribution in [1.82, 2.24) is 5.32 Å². The van der Waals surface area contributed by atoms with Gasteiger partial charge in [0.25, 0.3) is 0 Å². The Bertz CT molecular complexity index is 531. The van der Waals surface area contributed by atoms with Crippen molar-refractivity contribution in [3.8, 4) is 0 Å². The average molecular weight is 291 g/mol. The molecule has 0 aliphatic heterocycles. The summed E-state index contributed by atoms with van der Waals surface area (Å²) in [4.78, 5) is 0. The summed E-state index contributed by atoms with van der Waals surface area (Å²) in [5.41, 5.74) is 0.630. The maximum Gasteiger partial charge on any atom is 0.159 e. The van der Waals surface area contributed by atoms with Gasteiger partial charge in [-0.3, -0.25) is 0 Å². The first-order chi connectivity index (χ1) is 8.69. The second-order valence-electron chi connectivity index (χ2n) is 5.00. The van der Waals surface area contributed by atoms with Crippen LogP contribution in [0.15, 0.2) is 18.2 Å². The number of halogens is 2.